The number of esters is 1. The molecule has 0 spiro atoms. The Morgan fingerprint density at radius 2 is 1.83 bits per heavy atom. The van der Waals surface area contributed by atoms with Gasteiger partial charge in [-0.3, -0.25) is 9.59 Å². The molecule has 6 nitrogen and oxygen atoms in total. The monoisotopic (exact) mass is 405 g/mol. The van der Waals surface area contributed by atoms with Crippen molar-refractivity contribution in [2.75, 3.05) is 5.32 Å². The molecule has 0 aliphatic heterocycles. The zero-order chi connectivity index (χ0) is 21.8. The maximum atomic E-state index is 11.9. The van der Waals surface area contributed by atoms with Crippen LogP contribution in [0, 0.1) is 6.92 Å². The molecule has 0 radical (unpaired) electrons. The first-order valence-electron chi connectivity index (χ1n) is 10.1. The van der Waals surface area contributed by atoms with Gasteiger partial charge in [-0.2, -0.15) is 9.78 Å². The highest BCUT2D eigenvalue weighted by Crippen LogP contribution is 2.39. The number of nitrogens with zero attached hydrogens (tertiary/aromatic N) is 2. The number of carbonyl (C=O) groups is 2. The van der Waals surface area contributed by atoms with Gasteiger partial charge in [0, 0.05) is 19.0 Å². The zero-order valence-electron chi connectivity index (χ0n) is 18.0. The molecule has 0 saturated heterocycles. The van der Waals surface area contributed by atoms with Crippen LogP contribution in [0.5, 0.6) is 5.88 Å². The highest BCUT2D eigenvalue weighted by Gasteiger charge is 2.25. The molecule has 1 aromatic heterocycles. The van der Waals surface area contributed by atoms with Gasteiger partial charge >= 0.3 is 5.97 Å². The molecular formula is C24H27N3O3. The van der Waals surface area contributed by atoms with E-state index in [1.807, 2.05) is 62.4 Å². The fourth-order valence-corrected chi connectivity index (χ4v) is 3.23. The molecule has 0 aliphatic rings. The van der Waals surface area contributed by atoms with Gasteiger partial charge in [-0.1, -0.05) is 45.0 Å². The molecule has 6 heteroatoms. The van der Waals surface area contributed by atoms with Crippen LogP contribution in [0.1, 0.15) is 51.3 Å². The molecule has 0 atom stereocenters. The Hall–Kier alpha value is -3.41. The van der Waals surface area contributed by atoms with Crippen LogP contribution in [0.2, 0.25) is 0 Å². The number of carbonyl (C=O) groups excluding carboxylic acids is 2. The number of amides is 1. The van der Waals surface area contributed by atoms with E-state index >= 15 is 0 Å². The van der Waals surface area contributed by atoms with Crippen molar-refractivity contribution < 1.29 is 14.3 Å². The molecule has 3 aromatic rings. The lowest BCUT2D eigenvalue weighted by molar-refractivity contribution is -0.132. The first kappa shape index (κ1) is 21.3. The molecule has 2 aromatic carbocycles. The maximum Gasteiger partial charge on any atom is 0.309 e. The number of hydrogen-bond acceptors (Lipinski definition) is 4. The number of rotatable bonds is 6. The van der Waals surface area contributed by atoms with Crippen molar-refractivity contribution in [1.82, 2.24) is 9.78 Å². The Balaban J connectivity index is 2.17. The molecule has 0 fully saturated rings. The summed E-state index contributed by atoms with van der Waals surface area (Å²) in [4.78, 5) is 23.6. The highest BCUT2D eigenvalue weighted by atomic mass is 16.5. The molecular weight excluding hydrogens is 378 g/mol. The first-order valence-corrected chi connectivity index (χ1v) is 10.1. The Bertz CT molecular complexity index is 1070. The van der Waals surface area contributed by atoms with Gasteiger partial charge in [0.25, 0.3) is 0 Å². The molecule has 0 bridgehead atoms. The minimum absolute atomic E-state index is 0.0431. The summed E-state index contributed by atoms with van der Waals surface area (Å²) in [5.41, 5.74) is 5.10. The summed E-state index contributed by atoms with van der Waals surface area (Å²) in [6.45, 7) is 9.31. The van der Waals surface area contributed by atoms with Gasteiger partial charge in [0.05, 0.1) is 16.9 Å². The van der Waals surface area contributed by atoms with E-state index in [0.29, 0.717) is 12.3 Å². The number of aromatic nitrogens is 2. The van der Waals surface area contributed by atoms with Crippen molar-refractivity contribution in [1.29, 1.82) is 0 Å². The number of benzene rings is 2. The van der Waals surface area contributed by atoms with Gasteiger partial charge in [-0.05, 0) is 48.2 Å². The smallest absolute Gasteiger partial charge is 0.309 e. The topological polar surface area (TPSA) is 73.2 Å². The van der Waals surface area contributed by atoms with Gasteiger partial charge in [0.2, 0.25) is 11.8 Å². The van der Waals surface area contributed by atoms with E-state index in [1.165, 1.54) is 6.92 Å². The molecule has 1 amide bonds. The van der Waals surface area contributed by atoms with E-state index in [-0.39, 0.29) is 11.8 Å². The Morgan fingerprint density at radius 3 is 2.40 bits per heavy atom. The van der Waals surface area contributed by atoms with Crippen molar-refractivity contribution in [2.24, 2.45) is 0 Å². The summed E-state index contributed by atoms with van der Waals surface area (Å²) in [5.74, 6) is 0.0488. The number of aryl methyl sites for hydroxylation is 1. The third-order valence-corrected chi connectivity index (χ3v) is 4.68. The normalized spacial score (nSPS) is 10.9. The van der Waals surface area contributed by atoms with Crippen LogP contribution in [0.4, 0.5) is 5.69 Å². The van der Waals surface area contributed by atoms with Gasteiger partial charge in [-0.25, -0.2) is 0 Å². The molecule has 0 unspecified atom stereocenters. The molecule has 0 saturated carbocycles. The quantitative estimate of drug-likeness (QED) is 0.569. The van der Waals surface area contributed by atoms with Crippen LogP contribution in [0.15, 0.2) is 48.5 Å². The molecule has 1 heterocycles. The average molecular weight is 405 g/mol. The van der Waals surface area contributed by atoms with Crippen LogP contribution < -0.4 is 10.1 Å². The van der Waals surface area contributed by atoms with E-state index < -0.39 is 5.97 Å². The van der Waals surface area contributed by atoms with Crippen LogP contribution in [-0.2, 0) is 9.59 Å². The number of hydrogen-bond donors (Lipinski definition) is 1. The van der Waals surface area contributed by atoms with E-state index in [9.17, 15) is 9.59 Å². The molecule has 30 heavy (non-hydrogen) atoms. The SMILES string of the molecule is CCC(=O)Nc1ccc(-c2c(C(C)C)nn(-c3cccc(C)c3)c2OC(C)=O)cc1. The first-order chi connectivity index (χ1) is 14.3. The van der Waals surface area contributed by atoms with Crippen LogP contribution >= 0.6 is 0 Å². The van der Waals surface area contributed by atoms with Gasteiger partial charge in [-0.15, -0.1) is 0 Å². The van der Waals surface area contributed by atoms with Gasteiger partial charge in [0.15, 0.2) is 0 Å². The second-order valence-electron chi connectivity index (χ2n) is 7.54. The summed E-state index contributed by atoms with van der Waals surface area (Å²) >= 11 is 0. The van der Waals surface area contributed by atoms with Crippen molar-refractivity contribution in [3.8, 4) is 22.7 Å². The lowest BCUT2D eigenvalue weighted by Crippen LogP contribution is -2.09. The van der Waals surface area contributed by atoms with Crippen LogP contribution in [0.25, 0.3) is 16.8 Å². The summed E-state index contributed by atoms with van der Waals surface area (Å²) in [6.07, 6.45) is 0.416. The fourth-order valence-electron chi connectivity index (χ4n) is 3.23. The van der Waals surface area contributed by atoms with Crippen LogP contribution in [0.3, 0.4) is 0 Å². The van der Waals surface area contributed by atoms with E-state index in [1.54, 1.807) is 4.68 Å². The van der Waals surface area contributed by atoms with E-state index in [0.717, 1.165) is 33.8 Å². The zero-order valence-corrected chi connectivity index (χ0v) is 18.0. The minimum atomic E-state index is -0.410. The molecule has 0 aliphatic carbocycles. The van der Waals surface area contributed by atoms with Crippen LogP contribution in [-0.4, -0.2) is 21.7 Å². The number of nitrogens with one attached hydrogen (secondary N) is 1. The Kier molecular flexibility index (Phi) is 6.35. The average Bonchev–Trinajstić information content (AvgIpc) is 3.07. The predicted octanol–water partition coefficient (Wildman–Crippen LogP) is 5.24. The summed E-state index contributed by atoms with van der Waals surface area (Å²) < 4.78 is 7.35. The maximum absolute atomic E-state index is 11.9. The molecule has 1 N–H and O–H groups in total. The summed E-state index contributed by atoms with van der Waals surface area (Å²) in [6, 6.07) is 15.4. The predicted molar refractivity (Wildman–Crippen MR) is 118 cm³/mol. The minimum Gasteiger partial charge on any atom is -0.407 e. The van der Waals surface area contributed by atoms with E-state index in [2.05, 4.69) is 19.2 Å². The second kappa shape index (κ2) is 8.95. The number of anilines is 1. The molecule has 3 rings (SSSR count). The van der Waals surface area contributed by atoms with Crippen molar-refractivity contribution >= 4 is 17.6 Å². The van der Waals surface area contributed by atoms with Crippen molar-refractivity contribution in [2.45, 2.75) is 47.0 Å². The fraction of sp³-hybridized carbons (Fsp3) is 0.292. The van der Waals surface area contributed by atoms with Crippen molar-refractivity contribution in [3.63, 3.8) is 0 Å². The van der Waals surface area contributed by atoms with Gasteiger partial charge in [0.1, 0.15) is 0 Å². The molecule has 156 valence electrons. The highest BCUT2D eigenvalue weighted by molar-refractivity contribution is 5.91. The second-order valence-corrected chi connectivity index (χ2v) is 7.54. The standard InChI is InChI=1S/C24H27N3O3/c1-6-21(29)25-19-12-10-18(11-13-19)22-23(15(2)3)26-27(24(22)30-17(5)28)20-9-7-8-16(4)14-20/h7-15H,6H2,1-5H3,(H,25,29). The summed E-state index contributed by atoms with van der Waals surface area (Å²) in [7, 11) is 0. The summed E-state index contributed by atoms with van der Waals surface area (Å²) in [5, 5.41) is 7.65. The van der Waals surface area contributed by atoms with Crippen molar-refractivity contribution in [3.05, 3.63) is 59.8 Å². The van der Waals surface area contributed by atoms with E-state index in [4.69, 9.17) is 9.84 Å². The third-order valence-electron chi connectivity index (χ3n) is 4.68. The lowest BCUT2D eigenvalue weighted by atomic mass is 9.99. The lowest BCUT2D eigenvalue weighted by Gasteiger charge is -2.11. The Morgan fingerprint density at radius 1 is 1.13 bits per heavy atom. The largest absolute Gasteiger partial charge is 0.407 e. The Labute approximate surface area is 176 Å². The third kappa shape index (κ3) is 4.59. The van der Waals surface area contributed by atoms with Gasteiger partial charge < -0.3 is 10.1 Å². The number of ether oxygens (including phenoxy) is 1.